The Morgan fingerprint density at radius 1 is 1.79 bits per heavy atom. The van der Waals surface area contributed by atoms with Crippen LogP contribution in [0.2, 0.25) is 0 Å². The summed E-state index contributed by atoms with van der Waals surface area (Å²) >= 11 is 0. The maximum absolute atomic E-state index is 10.9. The molecule has 1 heterocycles. The first-order valence-corrected chi connectivity index (χ1v) is 4.34. The molecule has 78 valence electrons. The molecule has 5 heteroatoms. The van der Waals surface area contributed by atoms with Crippen LogP contribution >= 0.6 is 0 Å². The second-order valence-corrected chi connectivity index (χ2v) is 2.84. The highest BCUT2D eigenvalue weighted by atomic mass is 16.5. The third kappa shape index (κ3) is 2.86. The minimum Gasteiger partial charge on any atom is -0.480 e. The number of carbonyl (C=O) groups is 1. The number of aliphatic carboxylic acids is 1. The smallest absolute Gasteiger partial charge is 0.326 e. The van der Waals surface area contributed by atoms with Gasteiger partial charge in [-0.25, -0.2) is 0 Å². The summed E-state index contributed by atoms with van der Waals surface area (Å²) in [5.41, 5.74) is 0.647. The molecule has 1 aromatic heterocycles. The molecular weight excluding hydrogens is 184 g/mol. The number of rotatable bonds is 6. The lowest BCUT2D eigenvalue weighted by atomic mass is 10.2. The summed E-state index contributed by atoms with van der Waals surface area (Å²) in [5.74, 6) is -0.899. The van der Waals surface area contributed by atoms with Gasteiger partial charge >= 0.3 is 5.97 Å². The molecule has 0 amide bonds. The Balaban J connectivity index is 2.52. The van der Waals surface area contributed by atoms with E-state index in [4.69, 9.17) is 9.84 Å². The number of nitrogens with one attached hydrogen (secondary N) is 2. The molecule has 0 aliphatic heterocycles. The zero-order chi connectivity index (χ0) is 10.4. The normalized spacial score (nSPS) is 12.6. The molecule has 0 fully saturated rings. The van der Waals surface area contributed by atoms with Crippen molar-refractivity contribution in [1.82, 2.24) is 10.3 Å². The highest BCUT2D eigenvalue weighted by Crippen LogP contribution is 2.09. The Hall–Kier alpha value is -1.33. The molecule has 1 unspecified atom stereocenters. The van der Waals surface area contributed by atoms with Crippen LogP contribution in [0.15, 0.2) is 18.3 Å². The quantitative estimate of drug-likeness (QED) is 0.577. The highest BCUT2D eigenvalue weighted by Gasteiger charge is 2.19. The first-order chi connectivity index (χ1) is 6.75. The third-order valence-corrected chi connectivity index (χ3v) is 1.83. The van der Waals surface area contributed by atoms with Gasteiger partial charge in [-0.2, -0.15) is 0 Å². The molecule has 1 aromatic rings. The maximum atomic E-state index is 10.9. The van der Waals surface area contributed by atoms with Crippen LogP contribution < -0.4 is 5.32 Å². The molecule has 0 aliphatic rings. The summed E-state index contributed by atoms with van der Waals surface area (Å²) < 4.78 is 4.82. The number of ether oxygens (including phenoxy) is 1. The standard InChI is InChI=1S/C9H14N2O3/c1-14-6-5-11-8(9(12)13)7-3-2-4-10-7/h2-4,8,10-11H,5-6H2,1H3,(H,12,13). The molecule has 1 atom stereocenters. The average molecular weight is 198 g/mol. The number of aromatic amines is 1. The van der Waals surface area contributed by atoms with Crippen LogP contribution in [0.4, 0.5) is 0 Å². The Labute approximate surface area is 82.1 Å². The van der Waals surface area contributed by atoms with E-state index >= 15 is 0 Å². The van der Waals surface area contributed by atoms with Crippen LogP contribution in [0.3, 0.4) is 0 Å². The van der Waals surface area contributed by atoms with E-state index in [0.29, 0.717) is 18.8 Å². The molecule has 0 saturated heterocycles. The molecule has 0 radical (unpaired) electrons. The number of hydrogen-bond acceptors (Lipinski definition) is 3. The molecule has 3 N–H and O–H groups in total. The SMILES string of the molecule is COCCNC(C(=O)O)c1ccc[nH]1. The Bertz CT molecular complexity index is 272. The summed E-state index contributed by atoms with van der Waals surface area (Å²) in [5, 5.41) is 11.8. The maximum Gasteiger partial charge on any atom is 0.326 e. The number of H-pyrrole nitrogens is 1. The van der Waals surface area contributed by atoms with Gasteiger partial charge in [0, 0.05) is 25.5 Å². The van der Waals surface area contributed by atoms with E-state index in [-0.39, 0.29) is 0 Å². The number of carboxylic acids is 1. The van der Waals surface area contributed by atoms with Crippen molar-refractivity contribution < 1.29 is 14.6 Å². The summed E-state index contributed by atoms with van der Waals surface area (Å²) in [4.78, 5) is 13.7. The molecule has 14 heavy (non-hydrogen) atoms. The Kier molecular flexibility index (Phi) is 4.15. The second-order valence-electron chi connectivity index (χ2n) is 2.84. The van der Waals surface area contributed by atoms with Crippen molar-refractivity contribution in [2.75, 3.05) is 20.3 Å². The molecule has 0 aliphatic carbocycles. The van der Waals surface area contributed by atoms with Gasteiger partial charge in [-0.1, -0.05) is 0 Å². The Morgan fingerprint density at radius 2 is 2.57 bits per heavy atom. The molecule has 0 aromatic carbocycles. The van der Waals surface area contributed by atoms with Crippen molar-refractivity contribution in [3.8, 4) is 0 Å². The lowest BCUT2D eigenvalue weighted by molar-refractivity contribution is -0.139. The number of carboxylic acid groups (broad SMARTS) is 1. The topological polar surface area (TPSA) is 74.3 Å². The van der Waals surface area contributed by atoms with Gasteiger partial charge in [-0.3, -0.25) is 10.1 Å². The van der Waals surface area contributed by atoms with E-state index in [1.807, 2.05) is 0 Å². The zero-order valence-electron chi connectivity index (χ0n) is 7.99. The first-order valence-electron chi connectivity index (χ1n) is 4.34. The van der Waals surface area contributed by atoms with Gasteiger partial charge in [0.25, 0.3) is 0 Å². The minimum absolute atomic E-state index is 0.491. The molecule has 5 nitrogen and oxygen atoms in total. The van der Waals surface area contributed by atoms with Crippen molar-refractivity contribution in [1.29, 1.82) is 0 Å². The lowest BCUT2D eigenvalue weighted by Crippen LogP contribution is -2.31. The lowest BCUT2D eigenvalue weighted by Gasteiger charge is -2.12. The average Bonchev–Trinajstić information content (AvgIpc) is 2.64. The van der Waals surface area contributed by atoms with Gasteiger partial charge in [-0.15, -0.1) is 0 Å². The van der Waals surface area contributed by atoms with E-state index in [0.717, 1.165) is 0 Å². The molecule has 0 saturated carbocycles. The van der Waals surface area contributed by atoms with E-state index < -0.39 is 12.0 Å². The minimum atomic E-state index is -0.899. The fraction of sp³-hybridized carbons (Fsp3) is 0.444. The molecule has 0 bridgehead atoms. The molecular formula is C9H14N2O3. The number of aromatic nitrogens is 1. The van der Waals surface area contributed by atoms with Gasteiger partial charge in [0.2, 0.25) is 0 Å². The van der Waals surface area contributed by atoms with Crippen LogP contribution in [0.5, 0.6) is 0 Å². The van der Waals surface area contributed by atoms with Gasteiger partial charge in [-0.05, 0) is 12.1 Å². The van der Waals surface area contributed by atoms with E-state index in [1.54, 1.807) is 25.4 Å². The van der Waals surface area contributed by atoms with Crippen LogP contribution in [0.1, 0.15) is 11.7 Å². The van der Waals surface area contributed by atoms with Crippen LogP contribution in [0.25, 0.3) is 0 Å². The van der Waals surface area contributed by atoms with Gasteiger partial charge in [0.05, 0.1) is 6.61 Å². The molecule has 0 spiro atoms. The fourth-order valence-corrected chi connectivity index (χ4v) is 1.16. The third-order valence-electron chi connectivity index (χ3n) is 1.83. The van der Waals surface area contributed by atoms with Crippen LogP contribution in [0, 0.1) is 0 Å². The summed E-state index contributed by atoms with van der Waals surface area (Å²) in [6.07, 6.45) is 1.70. The highest BCUT2D eigenvalue weighted by molar-refractivity contribution is 5.74. The summed E-state index contributed by atoms with van der Waals surface area (Å²) in [7, 11) is 1.58. The van der Waals surface area contributed by atoms with Crippen molar-refractivity contribution in [3.63, 3.8) is 0 Å². The van der Waals surface area contributed by atoms with Gasteiger partial charge < -0.3 is 14.8 Å². The van der Waals surface area contributed by atoms with Crippen molar-refractivity contribution in [2.45, 2.75) is 6.04 Å². The van der Waals surface area contributed by atoms with Gasteiger partial charge in [0.1, 0.15) is 6.04 Å². The molecule has 1 rings (SSSR count). The van der Waals surface area contributed by atoms with Crippen LogP contribution in [-0.2, 0) is 9.53 Å². The summed E-state index contributed by atoms with van der Waals surface area (Å²) in [6, 6.07) is 2.81. The summed E-state index contributed by atoms with van der Waals surface area (Å²) in [6.45, 7) is 0.997. The van der Waals surface area contributed by atoms with Crippen LogP contribution in [-0.4, -0.2) is 36.3 Å². The second kappa shape index (κ2) is 5.41. The van der Waals surface area contributed by atoms with Gasteiger partial charge in [0.15, 0.2) is 0 Å². The van der Waals surface area contributed by atoms with Crippen molar-refractivity contribution in [3.05, 3.63) is 24.0 Å². The van der Waals surface area contributed by atoms with Crippen molar-refractivity contribution >= 4 is 5.97 Å². The number of methoxy groups -OCH3 is 1. The van der Waals surface area contributed by atoms with E-state index in [1.165, 1.54) is 0 Å². The van der Waals surface area contributed by atoms with E-state index in [2.05, 4.69) is 10.3 Å². The zero-order valence-corrected chi connectivity index (χ0v) is 7.99. The largest absolute Gasteiger partial charge is 0.480 e. The Morgan fingerprint density at radius 3 is 3.07 bits per heavy atom. The van der Waals surface area contributed by atoms with Crippen molar-refractivity contribution in [2.24, 2.45) is 0 Å². The predicted octanol–water partition coefficient (Wildman–Crippen LogP) is 0.376. The van der Waals surface area contributed by atoms with E-state index in [9.17, 15) is 4.79 Å². The fourth-order valence-electron chi connectivity index (χ4n) is 1.16. The first kappa shape index (κ1) is 10.7. The predicted molar refractivity (Wildman–Crippen MR) is 51.0 cm³/mol. The monoisotopic (exact) mass is 198 g/mol. The number of hydrogen-bond donors (Lipinski definition) is 3.